The SMILES string of the molecule is Cc1cccc(C[C@H](CC(=O)O)C(=O)N2CCC[C@@](N)(Cc3ccc(Cl)cc3)C2)n1. The molecule has 0 saturated carbocycles. The number of hydrogen-bond acceptors (Lipinski definition) is 4. The summed E-state index contributed by atoms with van der Waals surface area (Å²) in [7, 11) is 0. The summed E-state index contributed by atoms with van der Waals surface area (Å²) in [6, 6.07) is 13.2. The largest absolute Gasteiger partial charge is 0.481 e. The third-order valence-corrected chi connectivity index (χ3v) is 5.81. The molecule has 0 radical (unpaired) electrons. The van der Waals surface area contributed by atoms with Crippen LogP contribution < -0.4 is 5.73 Å². The molecule has 2 atom stereocenters. The molecule has 160 valence electrons. The van der Waals surface area contributed by atoms with Crippen LogP contribution in [0.4, 0.5) is 0 Å². The van der Waals surface area contributed by atoms with E-state index < -0.39 is 17.4 Å². The molecule has 6 nitrogen and oxygen atoms in total. The number of carbonyl (C=O) groups is 2. The summed E-state index contributed by atoms with van der Waals surface area (Å²) < 4.78 is 0. The van der Waals surface area contributed by atoms with Gasteiger partial charge in [0.05, 0.1) is 12.3 Å². The molecule has 0 aliphatic carbocycles. The van der Waals surface area contributed by atoms with Gasteiger partial charge >= 0.3 is 5.97 Å². The van der Waals surface area contributed by atoms with E-state index in [1.54, 1.807) is 4.90 Å². The molecular formula is C23H28ClN3O3. The van der Waals surface area contributed by atoms with Crippen LogP contribution in [0.15, 0.2) is 42.5 Å². The summed E-state index contributed by atoms with van der Waals surface area (Å²) in [6.07, 6.45) is 2.31. The van der Waals surface area contributed by atoms with Gasteiger partial charge in [0, 0.05) is 41.5 Å². The van der Waals surface area contributed by atoms with E-state index in [0.717, 1.165) is 29.8 Å². The van der Waals surface area contributed by atoms with E-state index in [1.807, 2.05) is 49.4 Å². The number of carboxylic acid groups (broad SMARTS) is 1. The zero-order valence-electron chi connectivity index (χ0n) is 17.2. The lowest BCUT2D eigenvalue weighted by molar-refractivity contribution is -0.145. The minimum Gasteiger partial charge on any atom is -0.481 e. The van der Waals surface area contributed by atoms with Crippen LogP contribution in [0, 0.1) is 12.8 Å². The van der Waals surface area contributed by atoms with Gasteiger partial charge < -0.3 is 15.7 Å². The van der Waals surface area contributed by atoms with Crippen LogP contribution >= 0.6 is 11.6 Å². The molecule has 1 aliphatic rings. The summed E-state index contributed by atoms with van der Waals surface area (Å²) in [4.78, 5) is 30.9. The Bertz CT molecular complexity index is 903. The highest BCUT2D eigenvalue weighted by atomic mass is 35.5. The highest BCUT2D eigenvalue weighted by molar-refractivity contribution is 6.30. The van der Waals surface area contributed by atoms with Crippen LogP contribution in [-0.2, 0) is 22.4 Å². The minimum atomic E-state index is -0.988. The van der Waals surface area contributed by atoms with Crippen molar-refractivity contribution in [3.63, 3.8) is 0 Å². The van der Waals surface area contributed by atoms with Crippen molar-refractivity contribution in [3.05, 3.63) is 64.4 Å². The number of halogens is 1. The van der Waals surface area contributed by atoms with E-state index in [0.29, 0.717) is 31.0 Å². The molecule has 1 saturated heterocycles. The fourth-order valence-electron chi connectivity index (χ4n) is 4.18. The normalized spacial score (nSPS) is 20.0. The van der Waals surface area contributed by atoms with Crippen LogP contribution in [0.1, 0.15) is 36.2 Å². The van der Waals surface area contributed by atoms with Crippen LogP contribution in [0.2, 0.25) is 5.02 Å². The third kappa shape index (κ3) is 6.03. The second-order valence-electron chi connectivity index (χ2n) is 8.30. The highest BCUT2D eigenvalue weighted by Crippen LogP contribution is 2.26. The number of piperidine rings is 1. The quantitative estimate of drug-likeness (QED) is 0.704. The summed E-state index contributed by atoms with van der Waals surface area (Å²) in [6.45, 7) is 2.88. The number of pyridine rings is 1. The van der Waals surface area contributed by atoms with Crippen LogP contribution in [-0.4, -0.2) is 45.5 Å². The molecule has 0 bridgehead atoms. The number of rotatable bonds is 7. The first-order valence-electron chi connectivity index (χ1n) is 10.2. The molecule has 0 spiro atoms. The molecule has 1 aliphatic heterocycles. The summed E-state index contributed by atoms with van der Waals surface area (Å²) in [5.41, 5.74) is 8.77. The van der Waals surface area contributed by atoms with Gasteiger partial charge in [-0.15, -0.1) is 0 Å². The van der Waals surface area contributed by atoms with Gasteiger partial charge in [0.25, 0.3) is 0 Å². The number of carboxylic acids is 1. The lowest BCUT2D eigenvalue weighted by atomic mass is 9.83. The molecule has 30 heavy (non-hydrogen) atoms. The van der Waals surface area contributed by atoms with E-state index >= 15 is 0 Å². The molecule has 3 rings (SSSR count). The van der Waals surface area contributed by atoms with Crippen LogP contribution in [0.5, 0.6) is 0 Å². The molecule has 1 aromatic heterocycles. The second kappa shape index (κ2) is 9.58. The number of nitrogens with two attached hydrogens (primary N) is 1. The average molecular weight is 430 g/mol. The fraction of sp³-hybridized carbons (Fsp3) is 0.435. The first-order valence-corrected chi connectivity index (χ1v) is 10.6. The predicted molar refractivity (Wildman–Crippen MR) is 116 cm³/mol. The first-order chi connectivity index (χ1) is 14.2. The van der Waals surface area contributed by atoms with E-state index in [-0.39, 0.29) is 12.3 Å². The highest BCUT2D eigenvalue weighted by Gasteiger charge is 2.36. The van der Waals surface area contributed by atoms with Crippen molar-refractivity contribution in [1.82, 2.24) is 9.88 Å². The smallest absolute Gasteiger partial charge is 0.304 e. The summed E-state index contributed by atoms with van der Waals surface area (Å²) >= 11 is 5.97. The molecule has 1 aromatic carbocycles. The zero-order chi connectivity index (χ0) is 21.7. The van der Waals surface area contributed by atoms with Crippen molar-refractivity contribution in [3.8, 4) is 0 Å². The Balaban J connectivity index is 1.73. The minimum absolute atomic E-state index is 0.161. The van der Waals surface area contributed by atoms with E-state index in [2.05, 4.69) is 4.98 Å². The van der Waals surface area contributed by atoms with E-state index in [4.69, 9.17) is 17.3 Å². The van der Waals surface area contributed by atoms with Gasteiger partial charge in [-0.05, 0) is 56.0 Å². The monoisotopic (exact) mass is 429 g/mol. The first kappa shape index (κ1) is 22.2. The predicted octanol–water partition coefficient (Wildman–Crippen LogP) is 3.24. The molecule has 2 heterocycles. The molecule has 0 unspecified atom stereocenters. The van der Waals surface area contributed by atoms with Crippen molar-refractivity contribution >= 4 is 23.5 Å². The Morgan fingerprint density at radius 2 is 2.00 bits per heavy atom. The number of benzene rings is 1. The van der Waals surface area contributed by atoms with Gasteiger partial charge in [-0.25, -0.2) is 0 Å². The summed E-state index contributed by atoms with van der Waals surface area (Å²) in [5.74, 6) is -1.81. The second-order valence-corrected chi connectivity index (χ2v) is 8.73. The van der Waals surface area contributed by atoms with Gasteiger partial charge in [0.15, 0.2) is 0 Å². The van der Waals surface area contributed by atoms with Crippen LogP contribution in [0.25, 0.3) is 0 Å². The van der Waals surface area contributed by atoms with Crippen molar-refractivity contribution in [1.29, 1.82) is 0 Å². The molecular weight excluding hydrogens is 402 g/mol. The van der Waals surface area contributed by atoms with Crippen molar-refractivity contribution in [2.75, 3.05) is 13.1 Å². The Kier molecular flexibility index (Phi) is 7.10. The number of carbonyl (C=O) groups excluding carboxylic acids is 1. The standard InChI is InChI=1S/C23H28ClN3O3/c1-16-4-2-5-20(26-16)12-18(13-21(28)29)22(30)27-11-3-10-23(25,15-27)14-17-6-8-19(24)9-7-17/h2,4-9,18H,3,10-15,25H2,1H3,(H,28,29)/t18-,23-/m1/s1. The molecule has 1 fully saturated rings. The number of amides is 1. The number of aromatic nitrogens is 1. The lowest BCUT2D eigenvalue weighted by Gasteiger charge is -2.41. The number of likely N-dealkylation sites (tertiary alicyclic amines) is 1. The van der Waals surface area contributed by atoms with Crippen LogP contribution in [0.3, 0.4) is 0 Å². The van der Waals surface area contributed by atoms with Gasteiger partial charge in [0.1, 0.15) is 0 Å². The molecule has 1 amide bonds. The lowest BCUT2D eigenvalue weighted by Crippen LogP contribution is -2.58. The Hall–Kier alpha value is -2.44. The average Bonchev–Trinajstić information content (AvgIpc) is 2.68. The molecule has 3 N–H and O–H groups in total. The topological polar surface area (TPSA) is 96.5 Å². The van der Waals surface area contributed by atoms with Gasteiger partial charge in [-0.3, -0.25) is 14.6 Å². The van der Waals surface area contributed by atoms with Crippen molar-refractivity contribution in [2.24, 2.45) is 11.7 Å². The Morgan fingerprint density at radius 1 is 1.27 bits per heavy atom. The van der Waals surface area contributed by atoms with Gasteiger partial charge in [0.2, 0.25) is 5.91 Å². The van der Waals surface area contributed by atoms with Crippen molar-refractivity contribution < 1.29 is 14.7 Å². The fourth-order valence-corrected chi connectivity index (χ4v) is 4.31. The Morgan fingerprint density at radius 3 is 2.67 bits per heavy atom. The zero-order valence-corrected chi connectivity index (χ0v) is 17.9. The molecule has 2 aromatic rings. The maximum atomic E-state index is 13.3. The number of aliphatic carboxylic acids is 1. The number of aryl methyl sites for hydroxylation is 1. The van der Waals surface area contributed by atoms with Crippen molar-refractivity contribution in [2.45, 2.75) is 44.6 Å². The number of hydrogen-bond donors (Lipinski definition) is 2. The third-order valence-electron chi connectivity index (χ3n) is 5.56. The van der Waals surface area contributed by atoms with Gasteiger partial charge in [-0.2, -0.15) is 0 Å². The summed E-state index contributed by atoms with van der Waals surface area (Å²) in [5, 5.41) is 10.0. The maximum Gasteiger partial charge on any atom is 0.304 e. The van der Waals surface area contributed by atoms with E-state index in [9.17, 15) is 14.7 Å². The van der Waals surface area contributed by atoms with Gasteiger partial charge in [-0.1, -0.05) is 29.8 Å². The Labute approximate surface area is 182 Å². The molecule has 7 heteroatoms. The maximum absolute atomic E-state index is 13.3. The number of nitrogens with zero attached hydrogens (tertiary/aromatic N) is 2. The van der Waals surface area contributed by atoms with E-state index in [1.165, 1.54) is 0 Å².